The molecule has 0 spiro atoms. The van der Waals surface area contributed by atoms with Crippen LogP contribution in [-0.4, -0.2) is 29.8 Å². The maximum Gasteiger partial charge on any atom is 0.306 e. The molecule has 0 radical (unpaired) electrons. The van der Waals surface area contributed by atoms with Gasteiger partial charge in [0, 0.05) is 18.6 Å². The third-order valence-corrected chi connectivity index (χ3v) is 2.90. The van der Waals surface area contributed by atoms with E-state index in [1.165, 1.54) is 7.11 Å². The molecular weight excluding hydrogens is 272 g/mol. The summed E-state index contributed by atoms with van der Waals surface area (Å²) in [7, 11) is 1.35. The first-order chi connectivity index (χ1) is 10.2. The molecule has 2 aromatic rings. The van der Waals surface area contributed by atoms with Crippen LogP contribution in [0.1, 0.15) is 24.8 Å². The number of hydrogen-bond acceptors (Lipinski definition) is 6. The van der Waals surface area contributed by atoms with Gasteiger partial charge in [-0.05, 0) is 18.6 Å². The van der Waals surface area contributed by atoms with Gasteiger partial charge in [0.2, 0.25) is 11.7 Å². The second-order valence-electron chi connectivity index (χ2n) is 4.43. The van der Waals surface area contributed by atoms with Gasteiger partial charge in [-0.2, -0.15) is 4.98 Å². The number of methoxy groups -OCH3 is 1. The van der Waals surface area contributed by atoms with Crippen LogP contribution in [0.25, 0.3) is 11.4 Å². The van der Waals surface area contributed by atoms with E-state index < -0.39 is 0 Å². The number of ether oxygens (including phenoxy) is 2. The van der Waals surface area contributed by atoms with Crippen LogP contribution in [0.3, 0.4) is 0 Å². The Labute approximate surface area is 123 Å². The minimum absolute atomic E-state index is 0.225. The van der Waals surface area contributed by atoms with Gasteiger partial charge in [-0.1, -0.05) is 23.4 Å². The predicted octanol–water partition coefficient (Wildman–Crippen LogP) is 2.38. The molecule has 21 heavy (non-hydrogen) atoms. The highest BCUT2D eigenvalue weighted by Gasteiger charge is 2.11. The van der Waals surface area contributed by atoms with Crippen molar-refractivity contribution in [1.82, 2.24) is 10.1 Å². The smallest absolute Gasteiger partial charge is 0.306 e. The highest BCUT2D eigenvalue weighted by molar-refractivity contribution is 5.69. The fourth-order valence-corrected chi connectivity index (χ4v) is 1.80. The van der Waals surface area contributed by atoms with Crippen molar-refractivity contribution < 1.29 is 18.8 Å². The van der Waals surface area contributed by atoms with Gasteiger partial charge in [-0.3, -0.25) is 4.79 Å². The van der Waals surface area contributed by atoms with Crippen molar-refractivity contribution in [2.45, 2.75) is 26.4 Å². The summed E-state index contributed by atoms with van der Waals surface area (Å²) in [5, 5.41) is 3.93. The Balaban J connectivity index is 2.05. The van der Waals surface area contributed by atoms with E-state index in [9.17, 15) is 4.79 Å². The lowest BCUT2D eigenvalue weighted by Crippen LogP contribution is -2.01. The van der Waals surface area contributed by atoms with Gasteiger partial charge in [0.15, 0.2) is 0 Å². The molecule has 2 rings (SSSR count). The quantitative estimate of drug-likeness (QED) is 0.729. The van der Waals surface area contributed by atoms with E-state index in [1.807, 2.05) is 31.2 Å². The molecule has 6 nitrogen and oxygen atoms in total. The first-order valence-electron chi connectivity index (χ1n) is 6.79. The number of aromatic nitrogens is 2. The fourth-order valence-electron chi connectivity index (χ4n) is 1.80. The Hall–Kier alpha value is -2.21. The minimum atomic E-state index is -0.298. The largest absolute Gasteiger partial charge is 0.469 e. The Morgan fingerprint density at radius 2 is 2.24 bits per heavy atom. The molecule has 0 amide bonds. The van der Waals surface area contributed by atoms with E-state index in [1.54, 1.807) is 0 Å². The van der Waals surface area contributed by atoms with Crippen molar-refractivity contribution in [2.75, 3.05) is 13.7 Å². The number of hydrogen-bond donors (Lipinski definition) is 0. The van der Waals surface area contributed by atoms with Crippen LogP contribution in [0, 0.1) is 0 Å². The molecule has 1 aromatic carbocycles. The summed E-state index contributed by atoms with van der Waals surface area (Å²) in [6, 6.07) is 7.78. The van der Waals surface area contributed by atoms with E-state index in [4.69, 9.17) is 9.26 Å². The maximum absolute atomic E-state index is 11.1. The van der Waals surface area contributed by atoms with Crippen LogP contribution in [0.5, 0.6) is 0 Å². The second kappa shape index (κ2) is 7.54. The molecule has 112 valence electrons. The summed E-state index contributed by atoms with van der Waals surface area (Å²) < 4.78 is 15.1. The number of benzene rings is 1. The lowest BCUT2D eigenvalue weighted by Gasteiger charge is -2.02. The van der Waals surface area contributed by atoms with Crippen molar-refractivity contribution in [2.24, 2.45) is 0 Å². The lowest BCUT2D eigenvalue weighted by atomic mass is 10.1. The summed E-state index contributed by atoms with van der Waals surface area (Å²) >= 11 is 0. The molecule has 0 N–H and O–H groups in total. The number of esters is 1. The number of carbonyl (C=O) groups excluding carboxylic acids is 1. The first kappa shape index (κ1) is 15.2. The molecule has 1 aromatic heterocycles. The molecule has 0 aliphatic carbocycles. The van der Waals surface area contributed by atoms with E-state index >= 15 is 0 Å². The van der Waals surface area contributed by atoms with Gasteiger partial charge >= 0.3 is 5.97 Å². The topological polar surface area (TPSA) is 74.5 Å². The average Bonchev–Trinajstić information content (AvgIpc) is 3.00. The molecule has 0 unspecified atom stereocenters. The predicted molar refractivity (Wildman–Crippen MR) is 75.4 cm³/mol. The summed E-state index contributed by atoms with van der Waals surface area (Å²) in [5.74, 6) is 0.632. The van der Waals surface area contributed by atoms with Crippen molar-refractivity contribution in [3.8, 4) is 11.4 Å². The highest BCUT2D eigenvalue weighted by Crippen LogP contribution is 2.18. The van der Waals surface area contributed by atoms with Crippen molar-refractivity contribution >= 4 is 5.97 Å². The molecule has 0 atom stereocenters. The summed E-state index contributed by atoms with van der Waals surface area (Å²) in [5.41, 5.74) is 1.91. The minimum Gasteiger partial charge on any atom is -0.469 e. The average molecular weight is 290 g/mol. The van der Waals surface area contributed by atoms with Gasteiger partial charge in [-0.25, -0.2) is 0 Å². The van der Waals surface area contributed by atoms with Crippen LogP contribution in [0.2, 0.25) is 0 Å². The zero-order valence-electron chi connectivity index (χ0n) is 12.2. The highest BCUT2D eigenvalue weighted by atomic mass is 16.5. The van der Waals surface area contributed by atoms with E-state index in [-0.39, 0.29) is 12.4 Å². The van der Waals surface area contributed by atoms with E-state index in [2.05, 4.69) is 14.9 Å². The van der Waals surface area contributed by atoms with Gasteiger partial charge in [0.05, 0.1) is 20.1 Å². The molecule has 0 fully saturated rings. The van der Waals surface area contributed by atoms with Crippen molar-refractivity contribution in [3.63, 3.8) is 0 Å². The van der Waals surface area contributed by atoms with Gasteiger partial charge in [0.25, 0.3) is 0 Å². The monoisotopic (exact) mass is 290 g/mol. The van der Waals surface area contributed by atoms with Crippen LogP contribution < -0.4 is 0 Å². The second-order valence-corrected chi connectivity index (χ2v) is 4.43. The van der Waals surface area contributed by atoms with Gasteiger partial charge in [0.1, 0.15) is 0 Å². The zero-order valence-corrected chi connectivity index (χ0v) is 12.2. The third kappa shape index (κ3) is 4.39. The Kier molecular flexibility index (Phi) is 5.45. The summed E-state index contributed by atoms with van der Waals surface area (Å²) in [4.78, 5) is 15.4. The van der Waals surface area contributed by atoms with Gasteiger partial charge < -0.3 is 14.0 Å². The number of nitrogens with zero attached hydrogens (tertiary/aromatic N) is 2. The lowest BCUT2D eigenvalue weighted by molar-refractivity contribution is -0.140. The molecule has 1 heterocycles. The van der Waals surface area contributed by atoms with Crippen LogP contribution in [0.4, 0.5) is 0 Å². The van der Waals surface area contributed by atoms with Crippen LogP contribution >= 0.6 is 0 Å². The molecule has 0 aliphatic heterocycles. The summed E-state index contributed by atoms with van der Waals surface area (Å²) in [6.45, 7) is 3.18. The van der Waals surface area contributed by atoms with E-state index in [0.717, 1.165) is 11.1 Å². The SMILES string of the molecule is CCOCc1cccc(-c2noc(CCC(=O)OC)n2)c1. The molecule has 0 aliphatic rings. The number of carbonyl (C=O) groups is 1. The molecule has 6 heteroatoms. The Bertz CT molecular complexity index is 595. The summed E-state index contributed by atoms with van der Waals surface area (Å²) in [6.07, 6.45) is 0.598. The standard InChI is InChI=1S/C15H18N2O4/c1-3-20-10-11-5-4-6-12(9-11)15-16-13(21-17-15)7-8-14(18)19-2/h4-6,9H,3,7-8,10H2,1-2H3. The van der Waals surface area contributed by atoms with Crippen LogP contribution in [0.15, 0.2) is 28.8 Å². The number of aryl methyl sites for hydroxylation is 1. The maximum atomic E-state index is 11.1. The number of rotatable bonds is 7. The van der Waals surface area contributed by atoms with Gasteiger partial charge in [-0.15, -0.1) is 0 Å². The normalized spacial score (nSPS) is 10.6. The first-order valence-corrected chi connectivity index (χ1v) is 6.79. The zero-order chi connectivity index (χ0) is 15.1. The fraction of sp³-hybridized carbons (Fsp3) is 0.400. The van der Waals surface area contributed by atoms with E-state index in [0.29, 0.717) is 31.3 Å². The molecule has 0 saturated carbocycles. The van der Waals surface area contributed by atoms with Crippen LogP contribution in [-0.2, 0) is 27.3 Å². The third-order valence-electron chi connectivity index (χ3n) is 2.90. The Morgan fingerprint density at radius 1 is 1.38 bits per heavy atom. The van der Waals surface area contributed by atoms with Crippen molar-refractivity contribution in [1.29, 1.82) is 0 Å². The molecule has 0 bridgehead atoms. The molecule has 0 saturated heterocycles. The Morgan fingerprint density at radius 3 is 3.00 bits per heavy atom. The van der Waals surface area contributed by atoms with Crippen molar-refractivity contribution in [3.05, 3.63) is 35.7 Å². The molecular formula is C15H18N2O4.